The third-order valence-corrected chi connectivity index (χ3v) is 2.10. The number of guanidine groups is 1. The second-order valence-electron chi connectivity index (χ2n) is 3.46. The maximum Gasteiger partial charge on any atom is 0.270 e. The lowest BCUT2D eigenvalue weighted by molar-refractivity contribution is -0.485. The van der Waals surface area contributed by atoms with Gasteiger partial charge in [-0.25, -0.2) is 10.1 Å². The minimum Gasteiger partial charge on any atom is -0.461 e. The summed E-state index contributed by atoms with van der Waals surface area (Å²) in [5.74, 6) is 0.527. The molecular weight excluding hydrogens is 224 g/mol. The fourth-order valence-corrected chi connectivity index (χ4v) is 1.51. The lowest BCUT2D eigenvalue weighted by Crippen LogP contribution is -2.23. The molecule has 7 heteroatoms. The largest absolute Gasteiger partial charge is 0.461 e. The molecule has 0 bridgehead atoms. The molecule has 0 aliphatic carbocycles. The molecule has 0 aliphatic rings. The number of nitro groups is 1. The Bertz CT molecular complexity index is 603. The summed E-state index contributed by atoms with van der Waals surface area (Å²) >= 11 is 0. The molecule has 3 N–H and O–H groups in total. The SMILES string of the molecule is Cc1cc2cc(N/C(N)=N\[N+](=O)[O-])ccc2o1. The molecule has 1 aromatic carbocycles. The minimum atomic E-state index is -0.858. The maximum absolute atomic E-state index is 10.1. The van der Waals surface area contributed by atoms with Gasteiger partial charge in [0.05, 0.1) is 0 Å². The third kappa shape index (κ3) is 2.51. The van der Waals surface area contributed by atoms with Gasteiger partial charge in [-0.1, -0.05) is 0 Å². The van der Waals surface area contributed by atoms with Crippen LogP contribution < -0.4 is 11.1 Å². The van der Waals surface area contributed by atoms with Crippen LogP contribution in [0.25, 0.3) is 11.0 Å². The van der Waals surface area contributed by atoms with E-state index in [0.29, 0.717) is 5.69 Å². The molecule has 0 unspecified atom stereocenters. The molecule has 1 aromatic heterocycles. The molecule has 0 atom stereocenters. The van der Waals surface area contributed by atoms with Crippen molar-refractivity contribution in [2.75, 3.05) is 5.32 Å². The summed E-state index contributed by atoms with van der Waals surface area (Å²) in [6.45, 7) is 1.84. The smallest absolute Gasteiger partial charge is 0.270 e. The van der Waals surface area contributed by atoms with E-state index in [-0.39, 0.29) is 5.96 Å². The average molecular weight is 234 g/mol. The Morgan fingerprint density at radius 1 is 1.53 bits per heavy atom. The van der Waals surface area contributed by atoms with Gasteiger partial charge in [-0.05, 0) is 31.2 Å². The van der Waals surface area contributed by atoms with E-state index in [9.17, 15) is 10.1 Å². The molecule has 0 fully saturated rings. The number of hydrogen-bond donors (Lipinski definition) is 2. The number of rotatable bonds is 2. The summed E-state index contributed by atoms with van der Waals surface area (Å²) in [4.78, 5) is 10.1. The van der Waals surface area contributed by atoms with Gasteiger partial charge in [0.15, 0.2) is 5.03 Å². The van der Waals surface area contributed by atoms with E-state index in [2.05, 4.69) is 10.4 Å². The van der Waals surface area contributed by atoms with E-state index in [1.807, 2.05) is 13.0 Å². The highest BCUT2D eigenvalue weighted by Crippen LogP contribution is 2.22. The molecule has 0 spiro atoms. The molecule has 0 aliphatic heterocycles. The van der Waals surface area contributed by atoms with Crippen molar-refractivity contribution in [2.45, 2.75) is 6.92 Å². The van der Waals surface area contributed by atoms with Gasteiger partial charge < -0.3 is 15.5 Å². The van der Waals surface area contributed by atoms with Crippen LogP contribution >= 0.6 is 0 Å². The Morgan fingerprint density at radius 2 is 2.29 bits per heavy atom. The second kappa shape index (κ2) is 4.12. The summed E-state index contributed by atoms with van der Waals surface area (Å²) in [7, 11) is 0. The summed E-state index contributed by atoms with van der Waals surface area (Å²) in [6.07, 6.45) is 0. The standard InChI is InChI=1S/C10H10N4O3/c1-6-4-7-5-8(2-3-9(7)17-6)12-10(11)13-14(15)16/h2-5H,1H3,(H3,11,12,13). The number of benzene rings is 1. The Labute approximate surface area is 96.0 Å². The molecule has 88 valence electrons. The van der Waals surface area contributed by atoms with Gasteiger partial charge in [0.1, 0.15) is 16.4 Å². The van der Waals surface area contributed by atoms with E-state index in [4.69, 9.17) is 10.2 Å². The van der Waals surface area contributed by atoms with Crippen LogP contribution in [0.1, 0.15) is 5.76 Å². The fraction of sp³-hybridized carbons (Fsp3) is 0.100. The van der Waals surface area contributed by atoms with Crippen LogP contribution in [-0.2, 0) is 0 Å². The van der Waals surface area contributed by atoms with E-state index in [1.54, 1.807) is 18.2 Å². The van der Waals surface area contributed by atoms with Crippen LogP contribution in [0.2, 0.25) is 0 Å². The Morgan fingerprint density at radius 3 is 3.00 bits per heavy atom. The monoisotopic (exact) mass is 234 g/mol. The summed E-state index contributed by atoms with van der Waals surface area (Å²) in [5.41, 5.74) is 6.69. The number of fused-ring (bicyclic) bond motifs is 1. The van der Waals surface area contributed by atoms with Crippen LogP contribution in [0, 0.1) is 17.0 Å². The van der Waals surface area contributed by atoms with Gasteiger partial charge in [0.2, 0.25) is 0 Å². The van der Waals surface area contributed by atoms with Crippen molar-refractivity contribution in [3.63, 3.8) is 0 Å². The van der Waals surface area contributed by atoms with Crippen molar-refractivity contribution in [2.24, 2.45) is 10.8 Å². The average Bonchev–Trinajstić information content (AvgIpc) is 2.55. The van der Waals surface area contributed by atoms with Gasteiger partial charge in [-0.15, -0.1) is 0 Å². The minimum absolute atomic E-state index is 0.269. The highest BCUT2D eigenvalue weighted by molar-refractivity contribution is 5.94. The number of hydrogen-bond acceptors (Lipinski definition) is 3. The van der Waals surface area contributed by atoms with E-state index >= 15 is 0 Å². The van der Waals surface area contributed by atoms with Crippen LogP contribution in [0.3, 0.4) is 0 Å². The Kier molecular flexibility index (Phi) is 2.65. The van der Waals surface area contributed by atoms with Crippen molar-refractivity contribution >= 4 is 22.6 Å². The zero-order valence-corrected chi connectivity index (χ0v) is 9.01. The number of hydrazone groups is 1. The van der Waals surface area contributed by atoms with Gasteiger partial charge in [-0.3, -0.25) is 0 Å². The predicted molar refractivity (Wildman–Crippen MR) is 63.2 cm³/mol. The fourth-order valence-electron chi connectivity index (χ4n) is 1.51. The van der Waals surface area contributed by atoms with E-state index in [1.165, 1.54) is 0 Å². The van der Waals surface area contributed by atoms with Crippen LogP contribution in [-0.4, -0.2) is 11.0 Å². The molecule has 7 nitrogen and oxygen atoms in total. The first-order valence-electron chi connectivity index (χ1n) is 4.80. The summed E-state index contributed by atoms with van der Waals surface area (Å²) in [6, 6.07) is 7.09. The van der Waals surface area contributed by atoms with Gasteiger partial charge in [0.25, 0.3) is 5.96 Å². The first-order chi connectivity index (χ1) is 8.04. The molecule has 0 radical (unpaired) electrons. The van der Waals surface area contributed by atoms with Crippen molar-refractivity contribution < 1.29 is 9.45 Å². The Hall–Kier alpha value is -2.57. The first kappa shape index (κ1) is 10.9. The second-order valence-corrected chi connectivity index (χ2v) is 3.46. The third-order valence-electron chi connectivity index (χ3n) is 2.10. The quantitative estimate of drug-likeness (QED) is 0.355. The molecule has 17 heavy (non-hydrogen) atoms. The highest BCUT2D eigenvalue weighted by atomic mass is 16.7. The summed E-state index contributed by atoms with van der Waals surface area (Å²) < 4.78 is 5.39. The highest BCUT2D eigenvalue weighted by Gasteiger charge is 2.04. The van der Waals surface area contributed by atoms with Gasteiger partial charge >= 0.3 is 0 Å². The molecule has 2 aromatic rings. The van der Waals surface area contributed by atoms with Gasteiger partial charge in [0, 0.05) is 11.1 Å². The topological polar surface area (TPSA) is 107 Å². The predicted octanol–water partition coefficient (Wildman–Crippen LogP) is 1.66. The lowest BCUT2D eigenvalue weighted by Gasteiger charge is -2.01. The number of furan rings is 1. The summed E-state index contributed by atoms with van der Waals surface area (Å²) in [5, 5.41) is 15.7. The molecule has 2 rings (SSSR count). The number of nitrogens with one attached hydrogen (secondary N) is 1. The normalized spacial score (nSPS) is 11.7. The van der Waals surface area contributed by atoms with Crippen molar-refractivity contribution in [3.8, 4) is 0 Å². The Balaban J connectivity index is 2.27. The van der Waals surface area contributed by atoms with Crippen LogP contribution in [0.4, 0.5) is 5.69 Å². The number of nitrogens with two attached hydrogens (primary N) is 1. The van der Waals surface area contributed by atoms with Crippen molar-refractivity contribution in [1.82, 2.24) is 0 Å². The molecule has 0 saturated carbocycles. The first-order valence-corrected chi connectivity index (χ1v) is 4.80. The van der Waals surface area contributed by atoms with Crippen LogP contribution in [0.15, 0.2) is 33.8 Å². The van der Waals surface area contributed by atoms with Crippen molar-refractivity contribution in [1.29, 1.82) is 0 Å². The van der Waals surface area contributed by atoms with E-state index in [0.717, 1.165) is 16.7 Å². The number of aryl methyl sites for hydroxylation is 1. The zero-order chi connectivity index (χ0) is 12.4. The zero-order valence-electron chi connectivity index (χ0n) is 9.01. The molecule has 1 heterocycles. The maximum atomic E-state index is 10.1. The van der Waals surface area contributed by atoms with E-state index < -0.39 is 5.03 Å². The number of anilines is 1. The lowest BCUT2D eigenvalue weighted by atomic mass is 10.2. The number of nitrogens with zero attached hydrogens (tertiary/aromatic N) is 2. The molecular formula is C10H10N4O3. The van der Waals surface area contributed by atoms with Crippen molar-refractivity contribution in [3.05, 3.63) is 40.1 Å². The van der Waals surface area contributed by atoms with Gasteiger partial charge in [-0.2, -0.15) is 0 Å². The molecule has 0 amide bonds. The molecule has 0 saturated heterocycles. The van der Waals surface area contributed by atoms with Crippen LogP contribution in [0.5, 0.6) is 0 Å².